The van der Waals surface area contributed by atoms with Gasteiger partial charge in [0.2, 0.25) is 0 Å². The topological polar surface area (TPSA) is 72.1 Å². The van der Waals surface area contributed by atoms with Crippen molar-refractivity contribution in [3.05, 3.63) is 18.2 Å². The van der Waals surface area contributed by atoms with Crippen molar-refractivity contribution in [1.82, 2.24) is 4.90 Å². The second-order valence-corrected chi connectivity index (χ2v) is 6.37. The Morgan fingerprint density at radius 1 is 1.21 bits per heavy atom. The van der Waals surface area contributed by atoms with Gasteiger partial charge >= 0.3 is 0 Å². The third kappa shape index (κ3) is 4.32. The number of nitrogens with one attached hydrogen (secondary N) is 1. The molecule has 6 heteroatoms. The van der Waals surface area contributed by atoms with E-state index in [0.29, 0.717) is 25.2 Å². The van der Waals surface area contributed by atoms with Crippen molar-refractivity contribution in [1.29, 1.82) is 0 Å². The standard InChI is InChI=1S/C18H28N4O2/c1-2-15(22-8-3-4-9-22)13-20-18(19)21-14-6-7-16-17(12-14)24-11-5-10-23-16/h6-7,12,15H,2-5,8-11,13H2,1H3,(H3,19,20,21). The number of likely N-dealkylation sites (tertiary alicyclic amines) is 1. The SMILES string of the molecule is CCC(CN=C(N)Nc1ccc2c(c1)OCCCO2)N1CCCC1. The number of fused-ring (bicyclic) bond motifs is 1. The number of ether oxygens (including phenoxy) is 2. The Bertz CT molecular complexity index is 570. The van der Waals surface area contributed by atoms with Gasteiger partial charge in [-0.05, 0) is 44.5 Å². The van der Waals surface area contributed by atoms with Crippen molar-refractivity contribution in [2.75, 3.05) is 38.2 Å². The molecule has 1 fully saturated rings. The zero-order chi connectivity index (χ0) is 16.8. The Morgan fingerprint density at radius 3 is 2.71 bits per heavy atom. The molecule has 3 rings (SSSR count). The van der Waals surface area contributed by atoms with Crippen LogP contribution in [0.1, 0.15) is 32.6 Å². The lowest BCUT2D eigenvalue weighted by atomic mass is 10.2. The van der Waals surface area contributed by atoms with Crippen LogP contribution in [0.3, 0.4) is 0 Å². The third-order valence-corrected chi connectivity index (χ3v) is 4.62. The predicted molar refractivity (Wildman–Crippen MR) is 97.0 cm³/mol. The Kier molecular flexibility index (Phi) is 5.80. The minimum atomic E-state index is 0.446. The first-order valence-electron chi connectivity index (χ1n) is 8.97. The number of guanidine groups is 1. The van der Waals surface area contributed by atoms with E-state index in [1.807, 2.05) is 18.2 Å². The fraction of sp³-hybridized carbons (Fsp3) is 0.611. The lowest BCUT2D eigenvalue weighted by Gasteiger charge is -2.24. The van der Waals surface area contributed by atoms with E-state index in [1.165, 1.54) is 25.9 Å². The second-order valence-electron chi connectivity index (χ2n) is 6.37. The van der Waals surface area contributed by atoms with E-state index in [1.54, 1.807) is 0 Å². The molecule has 24 heavy (non-hydrogen) atoms. The molecule has 0 bridgehead atoms. The molecule has 1 aromatic carbocycles. The molecule has 1 saturated heterocycles. The molecule has 0 aliphatic carbocycles. The van der Waals surface area contributed by atoms with Crippen LogP contribution in [0.4, 0.5) is 5.69 Å². The van der Waals surface area contributed by atoms with Gasteiger partial charge in [-0.2, -0.15) is 0 Å². The smallest absolute Gasteiger partial charge is 0.193 e. The molecule has 2 heterocycles. The first-order valence-corrected chi connectivity index (χ1v) is 8.97. The number of hydrogen-bond donors (Lipinski definition) is 2. The fourth-order valence-corrected chi connectivity index (χ4v) is 3.24. The summed E-state index contributed by atoms with van der Waals surface area (Å²) in [5, 5.41) is 3.16. The number of nitrogens with two attached hydrogens (primary N) is 1. The predicted octanol–water partition coefficient (Wildman–Crippen LogP) is 2.45. The van der Waals surface area contributed by atoms with Crippen LogP contribution in [0.25, 0.3) is 0 Å². The Morgan fingerprint density at radius 2 is 1.96 bits per heavy atom. The fourth-order valence-electron chi connectivity index (χ4n) is 3.24. The van der Waals surface area contributed by atoms with Crippen LogP contribution in [0, 0.1) is 0 Å². The van der Waals surface area contributed by atoms with E-state index < -0.39 is 0 Å². The minimum absolute atomic E-state index is 0.446. The summed E-state index contributed by atoms with van der Waals surface area (Å²) in [6.45, 7) is 6.69. The van der Waals surface area contributed by atoms with Crippen molar-refractivity contribution < 1.29 is 9.47 Å². The molecule has 0 saturated carbocycles. The highest BCUT2D eigenvalue weighted by Gasteiger charge is 2.20. The van der Waals surface area contributed by atoms with Crippen LogP contribution < -0.4 is 20.5 Å². The number of rotatable bonds is 5. The van der Waals surface area contributed by atoms with Gasteiger partial charge in [0.25, 0.3) is 0 Å². The van der Waals surface area contributed by atoms with Crippen molar-refractivity contribution in [2.45, 2.75) is 38.6 Å². The van der Waals surface area contributed by atoms with Crippen LogP contribution in [0.5, 0.6) is 11.5 Å². The van der Waals surface area contributed by atoms with Crippen molar-refractivity contribution in [2.24, 2.45) is 10.7 Å². The summed E-state index contributed by atoms with van der Waals surface area (Å²) in [6.07, 6.45) is 4.59. The molecule has 132 valence electrons. The van der Waals surface area contributed by atoms with E-state index in [-0.39, 0.29) is 0 Å². The maximum Gasteiger partial charge on any atom is 0.193 e. The van der Waals surface area contributed by atoms with Gasteiger partial charge in [-0.25, -0.2) is 0 Å². The normalized spacial score (nSPS) is 19.8. The number of benzene rings is 1. The molecule has 3 N–H and O–H groups in total. The first-order chi connectivity index (χ1) is 11.8. The van der Waals surface area contributed by atoms with Crippen LogP contribution in [-0.2, 0) is 0 Å². The number of nitrogens with zero attached hydrogens (tertiary/aromatic N) is 2. The molecule has 1 unspecified atom stereocenters. The largest absolute Gasteiger partial charge is 0.490 e. The van der Waals surface area contributed by atoms with Crippen molar-refractivity contribution in [3.8, 4) is 11.5 Å². The summed E-state index contributed by atoms with van der Waals surface area (Å²) >= 11 is 0. The average Bonchev–Trinajstić information content (AvgIpc) is 3.01. The Labute approximate surface area is 144 Å². The lowest BCUT2D eigenvalue weighted by molar-refractivity contribution is 0.242. The van der Waals surface area contributed by atoms with Gasteiger partial charge < -0.3 is 20.5 Å². The molecule has 6 nitrogen and oxygen atoms in total. The maximum absolute atomic E-state index is 6.06. The van der Waals surface area contributed by atoms with Crippen LogP contribution >= 0.6 is 0 Å². The molecule has 1 atom stereocenters. The van der Waals surface area contributed by atoms with Gasteiger partial charge in [-0.3, -0.25) is 9.89 Å². The highest BCUT2D eigenvalue weighted by Crippen LogP contribution is 2.32. The third-order valence-electron chi connectivity index (χ3n) is 4.62. The number of aliphatic imine (C=N–C) groups is 1. The quantitative estimate of drug-likeness (QED) is 0.640. The highest BCUT2D eigenvalue weighted by atomic mass is 16.5. The van der Waals surface area contributed by atoms with Crippen LogP contribution in [0.15, 0.2) is 23.2 Å². The summed E-state index contributed by atoms with van der Waals surface area (Å²) in [5.74, 6) is 1.99. The molecule has 2 aliphatic rings. The lowest BCUT2D eigenvalue weighted by Crippen LogP contribution is -2.35. The van der Waals surface area contributed by atoms with Crippen molar-refractivity contribution in [3.63, 3.8) is 0 Å². The molecule has 0 spiro atoms. The second kappa shape index (κ2) is 8.24. The Balaban J connectivity index is 1.59. The molecule has 1 aromatic rings. The maximum atomic E-state index is 6.06. The van der Waals surface area contributed by atoms with Gasteiger partial charge in [0.05, 0.1) is 19.8 Å². The molecular weight excluding hydrogens is 304 g/mol. The van der Waals surface area contributed by atoms with E-state index in [0.717, 1.165) is 36.6 Å². The zero-order valence-electron chi connectivity index (χ0n) is 14.5. The van der Waals surface area contributed by atoms with Crippen LogP contribution in [-0.4, -0.2) is 49.7 Å². The van der Waals surface area contributed by atoms with E-state index in [9.17, 15) is 0 Å². The van der Waals surface area contributed by atoms with E-state index in [4.69, 9.17) is 15.2 Å². The minimum Gasteiger partial charge on any atom is -0.490 e. The molecule has 0 amide bonds. The monoisotopic (exact) mass is 332 g/mol. The molecule has 0 aromatic heterocycles. The van der Waals surface area contributed by atoms with Crippen LogP contribution in [0.2, 0.25) is 0 Å². The summed E-state index contributed by atoms with van der Waals surface area (Å²) in [6, 6.07) is 6.25. The first kappa shape index (κ1) is 16.9. The van der Waals surface area contributed by atoms with E-state index >= 15 is 0 Å². The Hall–Kier alpha value is -1.95. The summed E-state index contributed by atoms with van der Waals surface area (Å²) in [4.78, 5) is 7.05. The molecule has 0 radical (unpaired) electrons. The van der Waals surface area contributed by atoms with Gasteiger partial charge in [0.15, 0.2) is 17.5 Å². The van der Waals surface area contributed by atoms with Gasteiger partial charge in [0, 0.05) is 24.2 Å². The summed E-state index contributed by atoms with van der Waals surface area (Å²) in [7, 11) is 0. The molecular formula is C18H28N4O2. The van der Waals surface area contributed by atoms with Crippen molar-refractivity contribution >= 4 is 11.6 Å². The summed E-state index contributed by atoms with van der Waals surface area (Å²) in [5.41, 5.74) is 6.93. The number of anilines is 1. The van der Waals surface area contributed by atoms with Gasteiger partial charge in [0.1, 0.15) is 0 Å². The van der Waals surface area contributed by atoms with E-state index in [2.05, 4.69) is 22.1 Å². The van der Waals surface area contributed by atoms with Gasteiger partial charge in [-0.15, -0.1) is 0 Å². The zero-order valence-corrected chi connectivity index (χ0v) is 14.5. The molecule has 2 aliphatic heterocycles. The van der Waals surface area contributed by atoms with Gasteiger partial charge in [-0.1, -0.05) is 6.92 Å². The average molecular weight is 332 g/mol. The number of hydrogen-bond acceptors (Lipinski definition) is 4. The highest BCUT2D eigenvalue weighted by molar-refractivity contribution is 5.92. The summed E-state index contributed by atoms with van der Waals surface area (Å²) < 4.78 is 11.3.